The fourth-order valence-corrected chi connectivity index (χ4v) is 3.23. The fourth-order valence-electron chi connectivity index (χ4n) is 3.23. The number of aliphatic hydroxyl groups is 1. The van der Waals surface area contributed by atoms with Gasteiger partial charge in [0.2, 0.25) is 0 Å². The van der Waals surface area contributed by atoms with E-state index in [1.165, 1.54) is 12.1 Å². The van der Waals surface area contributed by atoms with E-state index in [-0.39, 0.29) is 30.1 Å². The number of benzene rings is 1. The van der Waals surface area contributed by atoms with Crippen molar-refractivity contribution in [1.29, 1.82) is 0 Å². The maximum Gasteiger partial charge on any atom is 0.305 e. The highest BCUT2D eigenvalue weighted by Crippen LogP contribution is 2.20. The van der Waals surface area contributed by atoms with Crippen molar-refractivity contribution in [3.63, 3.8) is 0 Å². The summed E-state index contributed by atoms with van der Waals surface area (Å²) in [6, 6.07) is 5.83. The molecule has 5 nitrogen and oxygen atoms in total. The average molecular weight is 411 g/mol. The van der Waals surface area contributed by atoms with Crippen LogP contribution in [0.1, 0.15) is 71.6 Å². The summed E-state index contributed by atoms with van der Waals surface area (Å²) in [6.07, 6.45) is 6.40. The van der Waals surface area contributed by atoms with Crippen LogP contribution in [0.4, 0.5) is 4.39 Å². The summed E-state index contributed by atoms with van der Waals surface area (Å²) in [7, 11) is 0. The zero-order valence-electron chi connectivity index (χ0n) is 17.7. The summed E-state index contributed by atoms with van der Waals surface area (Å²) >= 11 is 0. The smallest absolute Gasteiger partial charge is 0.305 e. The van der Waals surface area contributed by atoms with Gasteiger partial charge in [-0.25, -0.2) is 4.39 Å². The van der Waals surface area contributed by atoms with Crippen molar-refractivity contribution in [2.45, 2.75) is 77.7 Å². The Morgan fingerprint density at radius 3 is 2.48 bits per heavy atom. The quantitative estimate of drug-likeness (QED) is 0.312. The third kappa shape index (κ3) is 12.3. The monoisotopic (exact) mass is 410 g/mol. The summed E-state index contributed by atoms with van der Waals surface area (Å²) in [4.78, 5) is 23.1. The molecule has 0 saturated heterocycles. The lowest BCUT2D eigenvalue weighted by Crippen LogP contribution is -2.18. The Morgan fingerprint density at radius 1 is 1.07 bits per heavy atom. The maximum atomic E-state index is 13.1. The van der Waals surface area contributed by atoms with Crippen molar-refractivity contribution >= 4 is 11.8 Å². The van der Waals surface area contributed by atoms with E-state index in [9.17, 15) is 19.1 Å². The number of aliphatic hydroxyl groups excluding tert-OH is 1. The van der Waals surface area contributed by atoms with E-state index in [4.69, 9.17) is 9.47 Å². The topological polar surface area (TPSA) is 72.8 Å². The molecule has 2 atom stereocenters. The summed E-state index contributed by atoms with van der Waals surface area (Å²) in [5.74, 6) is 0.0725. The van der Waals surface area contributed by atoms with Crippen LogP contribution in [0.15, 0.2) is 24.3 Å². The molecule has 1 N–H and O–H groups in total. The molecule has 0 aliphatic heterocycles. The SMILES string of the molecule is CCOC(=O)CCCCCCC(CCCC(O)COc1cccc(F)c1)C(C)=O. The molecular weight excluding hydrogens is 375 g/mol. The molecular formula is C23H35FO5. The highest BCUT2D eigenvalue weighted by atomic mass is 19.1. The Kier molecular flexibility index (Phi) is 12.9. The molecule has 0 bridgehead atoms. The van der Waals surface area contributed by atoms with Crippen molar-refractivity contribution in [2.24, 2.45) is 5.92 Å². The van der Waals surface area contributed by atoms with Crippen LogP contribution in [0, 0.1) is 11.7 Å². The van der Waals surface area contributed by atoms with Crippen molar-refractivity contribution < 1.29 is 28.6 Å². The van der Waals surface area contributed by atoms with Crippen LogP contribution in [0.25, 0.3) is 0 Å². The van der Waals surface area contributed by atoms with Crippen LogP contribution in [0.3, 0.4) is 0 Å². The number of carbonyl (C=O) groups is 2. The van der Waals surface area contributed by atoms with E-state index in [0.717, 1.165) is 44.9 Å². The second-order valence-electron chi connectivity index (χ2n) is 7.42. The molecule has 0 aliphatic carbocycles. The largest absolute Gasteiger partial charge is 0.491 e. The van der Waals surface area contributed by atoms with Crippen molar-refractivity contribution in [3.05, 3.63) is 30.1 Å². The van der Waals surface area contributed by atoms with Gasteiger partial charge in [-0.3, -0.25) is 9.59 Å². The van der Waals surface area contributed by atoms with E-state index in [0.29, 0.717) is 25.2 Å². The van der Waals surface area contributed by atoms with E-state index in [1.54, 1.807) is 26.0 Å². The zero-order chi connectivity index (χ0) is 21.5. The van der Waals surface area contributed by atoms with Gasteiger partial charge in [-0.1, -0.05) is 31.7 Å². The van der Waals surface area contributed by atoms with Crippen molar-refractivity contribution in [1.82, 2.24) is 0 Å². The molecule has 0 fully saturated rings. The number of unbranched alkanes of at least 4 members (excludes halogenated alkanes) is 3. The number of halogens is 1. The van der Waals surface area contributed by atoms with Gasteiger partial charge < -0.3 is 14.6 Å². The van der Waals surface area contributed by atoms with E-state index in [1.807, 2.05) is 0 Å². The van der Waals surface area contributed by atoms with Crippen LogP contribution >= 0.6 is 0 Å². The minimum atomic E-state index is -0.645. The first-order chi connectivity index (χ1) is 13.9. The van der Waals surface area contributed by atoms with E-state index in [2.05, 4.69) is 0 Å². The summed E-state index contributed by atoms with van der Waals surface area (Å²) < 4.78 is 23.4. The molecule has 29 heavy (non-hydrogen) atoms. The molecule has 0 heterocycles. The van der Waals surface area contributed by atoms with Gasteiger partial charge in [0, 0.05) is 18.4 Å². The number of ketones is 1. The molecule has 0 aliphatic rings. The summed E-state index contributed by atoms with van der Waals surface area (Å²) in [6.45, 7) is 3.95. The molecule has 0 amide bonds. The standard InChI is InChI=1S/C23H35FO5/c1-3-28-23(27)15-7-5-4-6-10-19(18(2)25)11-8-13-21(26)17-29-22-14-9-12-20(24)16-22/h9,12,14,16,19,21,26H,3-8,10-11,13,15,17H2,1-2H3. The number of Topliss-reactive ketones (excluding diaryl/α,β-unsaturated/α-hetero) is 1. The van der Waals surface area contributed by atoms with Gasteiger partial charge in [0.15, 0.2) is 0 Å². The van der Waals surface area contributed by atoms with E-state index >= 15 is 0 Å². The molecule has 6 heteroatoms. The number of esters is 1. The van der Waals surface area contributed by atoms with Crippen molar-refractivity contribution in [2.75, 3.05) is 13.2 Å². The summed E-state index contributed by atoms with van der Waals surface area (Å²) in [5, 5.41) is 10.0. The number of ether oxygens (including phenoxy) is 2. The number of hydrogen-bond acceptors (Lipinski definition) is 5. The molecule has 0 spiro atoms. The third-order valence-electron chi connectivity index (χ3n) is 4.89. The fraction of sp³-hybridized carbons (Fsp3) is 0.652. The molecule has 0 aromatic heterocycles. The second-order valence-corrected chi connectivity index (χ2v) is 7.42. The maximum absolute atomic E-state index is 13.1. The predicted molar refractivity (Wildman–Crippen MR) is 110 cm³/mol. The third-order valence-corrected chi connectivity index (χ3v) is 4.89. The molecule has 1 rings (SSSR count). The van der Waals surface area contributed by atoms with Gasteiger partial charge in [0.05, 0.1) is 12.7 Å². The highest BCUT2D eigenvalue weighted by molar-refractivity contribution is 5.78. The summed E-state index contributed by atoms with van der Waals surface area (Å²) in [5.41, 5.74) is 0. The molecule has 164 valence electrons. The Hall–Kier alpha value is -1.95. The molecule has 1 aromatic rings. The number of hydrogen-bond donors (Lipinski definition) is 1. The van der Waals surface area contributed by atoms with Gasteiger partial charge in [-0.2, -0.15) is 0 Å². The first kappa shape index (κ1) is 25.1. The Balaban J connectivity index is 2.15. The van der Waals surface area contributed by atoms with Gasteiger partial charge in [0.1, 0.15) is 24.0 Å². The van der Waals surface area contributed by atoms with E-state index < -0.39 is 6.10 Å². The van der Waals surface area contributed by atoms with Gasteiger partial charge in [-0.05, 0) is 51.7 Å². The lowest BCUT2D eigenvalue weighted by Gasteiger charge is -2.16. The van der Waals surface area contributed by atoms with Gasteiger partial charge in [0.25, 0.3) is 0 Å². The molecule has 0 saturated carbocycles. The normalized spacial score (nSPS) is 13.0. The minimum absolute atomic E-state index is 0.0106. The first-order valence-corrected chi connectivity index (χ1v) is 10.6. The molecule has 0 radical (unpaired) electrons. The number of rotatable bonds is 16. The Labute approximate surface area is 173 Å². The van der Waals surface area contributed by atoms with Gasteiger partial charge >= 0.3 is 5.97 Å². The average Bonchev–Trinajstić information content (AvgIpc) is 2.67. The highest BCUT2D eigenvalue weighted by Gasteiger charge is 2.15. The lowest BCUT2D eigenvalue weighted by molar-refractivity contribution is -0.143. The van der Waals surface area contributed by atoms with Crippen LogP contribution in [0.5, 0.6) is 5.75 Å². The zero-order valence-corrected chi connectivity index (χ0v) is 17.7. The lowest BCUT2D eigenvalue weighted by atomic mass is 9.91. The Morgan fingerprint density at radius 2 is 1.79 bits per heavy atom. The molecule has 2 unspecified atom stereocenters. The minimum Gasteiger partial charge on any atom is -0.491 e. The number of carbonyl (C=O) groups excluding carboxylic acids is 2. The second kappa shape index (κ2) is 15.0. The molecule has 1 aromatic carbocycles. The van der Waals surface area contributed by atoms with Crippen LogP contribution in [0.2, 0.25) is 0 Å². The Bertz CT molecular complexity index is 605. The predicted octanol–water partition coefficient (Wildman–Crippen LogP) is 4.84. The van der Waals surface area contributed by atoms with Crippen LogP contribution in [-0.4, -0.2) is 36.2 Å². The first-order valence-electron chi connectivity index (χ1n) is 10.6. The van der Waals surface area contributed by atoms with Crippen LogP contribution < -0.4 is 4.74 Å². The van der Waals surface area contributed by atoms with Crippen LogP contribution in [-0.2, 0) is 14.3 Å². The van der Waals surface area contributed by atoms with Gasteiger partial charge in [-0.15, -0.1) is 0 Å². The van der Waals surface area contributed by atoms with Crippen molar-refractivity contribution in [3.8, 4) is 5.75 Å².